The molecule has 3 nitrogen and oxygen atoms in total. The number of benzene rings is 2. The molecule has 0 saturated heterocycles. The predicted molar refractivity (Wildman–Crippen MR) is 79.8 cm³/mol. The zero-order valence-electron chi connectivity index (χ0n) is 10.9. The van der Waals surface area contributed by atoms with Crippen molar-refractivity contribution in [1.29, 1.82) is 10.5 Å². The van der Waals surface area contributed by atoms with Crippen molar-refractivity contribution in [2.45, 2.75) is 12.3 Å². The molecule has 0 heterocycles. The highest BCUT2D eigenvalue weighted by atomic mass is 79.9. The molecule has 4 heteroatoms. The summed E-state index contributed by atoms with van der Waals surface area (Å²) in [6.07, 6.45) is 0. The molecule has 0 amide bonds. The molecule has 0 unspecified atom stereocenters. The second-order valence-electron chi connectivity index (χ2n) is 4.27. The second kappa shape index (κ2) is 6.23. The van der Waals surface area contributed by atoms with Gasteiger partial charge in [0.25, 0.3) is 0 Å². The number of hydrogen-bond acceptors (Lipinski definition) is 3. The average Bonchev–Trinajstić information content (AvgIpc) is 2.49. The normalized spacial score (nSPS) is 9.60. The van der Waals surface area contributed by atoms with E-state index >= 15 is 0 Å². The van der Waals surface area contributed by atoms with E-state index in [-0.39, 0.29) is 0 Å². The molecule has 98 valence electrons. The Morgan fingerprint density at radius 3 is 2.50 bits per heavy atom. The van der Waals surface area contributed by atoms with Gasteiger partial charge in [0.2, 0.25) is 0 Å². The number of hydrogen-bond donors (Lipinski definition) is 0. The fourth-order valence-corrected chi connectivity index (χ4v) is 2.08. The van der Waals surface area contributed by atoms with Crippen molar-refractivity contribution in [1.82, 2.24) is 0 Å². The van der Waals surface area contributed by atoms with Gasteiger partial charge in [-0.2, -0.15) is 10.5 Å². The summed E-state index contributed by atoms with van der Waals surface area (Å²) in [5.74, 6) is 1.09. The van der Waals surface area contributed by atoms with Crippen LogP contribution in [-0.4, -0.2) is 0 Å². The average molecular weight is 327 g/mol. The molecule has 0 N–H and O–H groups in total. The zero-order valence-corrected chi connectivity index (χ0v) is 12.4. The van der Waals surface area contributed by atoms with Gasteiger partial charge in [-0.3, -0.25) is 0 Å². The van der Waals surface area contributed by atoms with Crippen LogP contribution in [0.15, 0.2) is 36.4 Å². The Morgan fingerprint density at radius 1 is 1.05 bits per heavy atom. The minimum Gasteiger partial charge on any atom is -0.456 e. The fraction of sp³-hybridized carbons (Fsp3) is 0.125. The molecule has 0 fully saturated rings. The summed E-state index contributed by atoms with van der Waals surface area (Å²) in [6, 6.07) is 14.9. The molecule has 0 spiro atoms. The van der Waals surface area contributed by atoms with Crippen molar-refractivity contribution in [3.63, 3.8) is 0 Å². The van der Waals surface area contributed by atoms with Crippen molar-refractivity contribution in [2.75, 3.05) is 0 Å². The van der Waals surface area contributed by atoms with Crippen molar-refractivity contribution in [3.05, 3.63) is 58.7 Å². The largest absolute Gasteiger partial charge is 0.456 e. The highest BCUT2D eigenvalue weighted by Gasteiger charge is 2.08. The van der Waals surface area contributed by atoms with E-state index < -0.39 is 0 Å². The minimum atomic E-state index is 0.476. The molecule has 2 rings (SSSR count). The summed E-state index contributed by atoms with van der Waals surface area (Å²) in [5.41, 5.74) is 2.93. The SMILES string of the molecule is Cc1ccc(C#N)cc1Oc1ccc(CBr)cc1C#N. The van der Waals surface area contributed by atoms with E-state index in [0.29, 0.717) is 28.0 Å². The van der Waals surface area contributed by atoms with Gasteiger partial charge in [0, 0.05) is 5.33 Å². The number of nitriles is 2. The monoisotopic (exact) mass is 326 g/mol. The van der Waals surface area contributed by atoms with Gasteiger partial charge in [0.15, 0.2) is 0 Å². The maximum atomic E-state index is 9.19. The van der Waals surface area contributed by atoms with Crippen LogP contribution in [0.3, 0.4) is 0 Å². The first-order valence-corrected chi connectivity index (χ1v) is 7.07. The van der Waals surface area contributed by atoms with Gasteiger partial charge in [0.1, 0.15) is 17.6 Å². The Labute approximate surface area is 126 Å². The lowest BCUT2D eigenvalue weighted by Gasteiger charge is -2.11. The number of aryl methyl sites for hydroxylation is 1. The van der Waals surface area contributed by atoms with Gasteiger partial charge < -0.3 is 4.74 Å². The van der Waals surface area contributed by atoms with Gasteiger partial charge in [-0.05, 0) is 42.3 Å². The highest BCUT2D eigenvalue weighted by Crippen LogP contribution is 2.29. The number of halogens is 1. The summed E-state index contributed by atoms with van der Waals surface area (Å²) in [5, 5.41) is 18.8. The Morgan fingerprint density at radius 2 is 1.85 bits per heavy atom. The molecule has 0 bridgehead atoms. The summed E-state index contributed by atoms with van der Waals surface area (Å²) in [7, 11) is 0. The van der Waals surface area contributed by atoms with Crippen LogP contribution in [0.2, 0.25) is 0 Å². The van der Waals surface area contributed by atoms with Gasteiger partial charge in [0.05, 0.1) is 17.2 Å². The van der Waals surface area contributed by atoms with E-state index in [9.17, 15) is 5.26 Å². The van der Waals surface area contributed by atoms with Gasteiger partial charge in [-0.15, -0.1) is 0 Å². The molecule has 0 aliphatic carbocycles. The van der Waals surface area contributed by atoms with Crippen LogP contribution >= 0.6 is 15.9 Å². The van der Waals surface area contributed by atoms with Crippen LogP contribution in [0.4, 0.5) is 0 Å². The first-order valence-electron chi connectivity index (χ1n) is 5.95. The van der Waals surface area contributed by atoms with Gasteiger partial charge >= 0.3 is 0 Å². The molecule has 0 aliphatic heterocycles. The summed E-state index contributed by atoms with van der Waals surface area (Å²) in [4.78, 5) is 0. The standard InChI is InChI=1S/C16H11BrN2O/c1-11-2-3-13(9-18)7-16(11)20-15-5-4-12(8-17)6-14(15)10-19/h2-7H,8H2,1H3. The predicted octanol–water partition coefficient (Wildman–Crippen LogP) is 4.43. The van der Waals surface area contributed by atoms with Crippen LogP contribution in [0.25, 0.3) is 0 Å². The Balaban J connectivity index is 2.40. The van der Waals surface area contributed by atoms with E-state index in [1.807, 2.05) is 19.1 Å². The molecule has 20 heavy (non-hydrogen) atoms. The molecule has 2 aromatic rings. The van der Waals surface area contributed by atoms with Crippen LogP contribution in [0.5, 0.6) is 11.5 Å². The molecular weight excluding hydrogens is 316 g/mol. The van der Waals surface area contributed by atoms with Crippen LogP contribution in [0, 0.1) is 29.6 Å². The van der Waals surface area contributed by atoms with Crippen molar-refractivity contribution in [2.24, 2.45) is 0 Å². The minimum absolute atomic E-state index is 0.476. The zero-order chi connectivity index (χ0) is 14.5. The number of ether oxygens (including phenoxy) is 1. The smallest absolute Gasteiger partial charge is 0.145 e. The number of alkyl halides is 1. The Bertz CT molecular complexity index is 726. The summed E-state index contributed by atoms with van der Waals surface area (Å²) < 4.78 is 5.78. The Hall–Kier alpha value is -2.30. The van der Waals surface area contributed by atoms with E-state index in [1.54, 1.807) is 24.3 Å². The van der Waals surface area contributed by atoms with Gasteiger partial charge in [-0.25, -0.2) is 0 Å². The third-order valence-electron chi connectivity index (χ3n) is 2.86. The van der Waals surface area contributed by atoms with Gasteiger partial charge in [-0.1, -0.05) is 28.1 Å². The van der Waals surface area contributed by atoms with Crippen molar-refractivity contribution < 1.29 is 4.74 Å². The second-order valence-corrected chi connectivity index (χ2v) is 4.83. The third kappa shape index (κ3) is 2.99. The lowest BCUT2D eigenvalue weighted by atomic mass is 10.1. The molecule has 0 aliphatic rings. The summed E-state index contributed by atoms with van der Waals surface area (Å²) >= 11 is 3.36. The summed E-state index contributed by atoms with van der Waals surface area (Å²) in [6.45, 7) is 1.90. The van der Waals surface area contributed by atoms with E-state index in [2.05, 4.69) is 28.1 Å². The third-order valence-corrected chi connectivity index (χ3v) is 3.50. The fourth-order valence-electron chi connectivity index (χ4n) is 1.73. The molecule has 0 saturated carbocycles. The van der Waals surface area contributed by atoms with Crippen LogP contribution in [-0.2, 0) is 5.33 Å². The lowest BCUT2D eigenvalue weighted by molar-refractivity contribution is 0.477. The lowest BCUT2D eigenvalue weighted by Crippen LogP contribution is -1.92. The van der Waals surface area contributed by atoms with E-state index in [0.717, 1.165) is 11.1 Å². The van der Waals surface area contributed by atoms with E-state index in [1.165, 1.54) is 0 Å². The quantitative estimate of drug-likeness (QED) is 0.784. The first kappa shape index (κ1) is 14.1. The van der Waals surface area contributed by atoms with Crippen LogP contribution in [0.1, 0.15) is 22.3 Å². The number of nitrogens with zero attached hydrogens (tertiary/aromatic N) is 2. The first-order chi connectivity index (χ1) is 9.67. The molecular formula is C16H11BrN2O. The van der Waals surface area contributed by atoms with E-state index in [4.69, 9.17) is 10.00 Å². The Kier molecular flexibility index (Phi) is 4.40. The topological polar surface area (TPSA) is 56.8 Å². The molecule has 0 radical (unpaired) electrons. The molecule has 0 atom stereocenters. The molecule has 0 aromatic heterocycles. The van der Waals surface area contributed by atoms with Crippen molar-refractivity contribution in [3.8, 4) is 23.6 Å². The maximum Gasteiger partial charge on any atom is 0.145 e. The molecule has 2 aromatic carbocycles. The maximum absolute atomic E-state index is 9.19. The van der Waals surface area contributed by atoms with Crippen LogP contribution < -0.4 is 4.74 Å². The highest BCUT2D eigenvalue weighted by molar-refractivity contribution is 9.08. The number of rotatable bonds is 3. The van der Waals surface area contributed by atoms with Crippen molar-refractivity contribution >= 4 is 15.9 Å².